The van der Waals surface area contributed by atoms with Gasteiger partial charge in [0.05, 0.1) is 20.5 Å². The highest BCUT2D eigenvalue weighted by molar-refractivity contribution is 7.10. The van der Waals surface area contributed by atoms with Gasteiger partial charge in [0.15, 0.2) is 5.75 Å². The van der Waals surface area contributed by atoms with Gasteiger partial charge in [0.2, 0.25) is 0 Å². The number of carbonyl (C=O) groups excluding carboxylic acids is 1. The van der Waals surface area contributed by atoms with Crippen LogP contribution in [-0.4, -0.2) is 20.6 Å². The number of fused-ring (bicyclic) bond motifs is 1. The van der Waals surface area contributed by atoms with Crippen LogP contribution < -0.4 is 5.56 Å². The highest BCUT2D eigenvalue weighted by atomic mass is 31.0. The molecule has 18 heavy (non-hydrogen) atoms. The van der Waals surface area contributed by atoms with Gasteiger partial charge in [-0.15, -0.1) is 0 Å². The lowest BCUT2D eigenvalue weighted by molar-refractivity contribution is -0.386. The van der Waals surface area contributed by atoms with Crippen molar-refractivity contribution in [2.75, 3.05) is 0 Å². The third-order valence-corrected chi connectivity index (χ3v) is 3.08. The van der Waals surface area contributed by atoms with E-state index in [0.717, 1.165) is 10.6 Å². The molecule has 2 rings (SSSR count). The molecule has 9 heteroatoms. The van der Waals surface area contributed by atoms with E-state index in [4.69, 9.17) is 0 Å². The van der Waals surface area contributed by atoms with Crippen LogP contribution in [0, 0.1) is 10.1 Å². The quantitative estimate of drug-likeness (QED) is 0.470. The van der Waals surface area contributed by atoms with Gasteiger partial charge >= 0.3 is 5.97 Å². The number of nitro groups is 1. The van der Waals surface area contributed by atoms with Crippen molar-refractivity contribution in [3.63, 3.8) is 0 Å². The van der Waals surface area contributed by atoms with Crippen molar-refractivity contribution in [3.05, 3.63) is 32.2 Å². The zero-order valence-corrected chi connectivity index (χ0v) is 10.2. The highest BCUT2D eigenvalue weighted by Gasteiger charge is 2.36. The number of hydrogen-bond donors (Lipinski definition) is 1. The molecule has 0 radical (unpaired) electrons. The van der Waals surface area contributed by atoms with Crippen molar-refractivity contribution >= 4 is 21.1 Å². The maximum atomic E-state index is 11.7. The molecule has 2 heterocycles. The molecule has 0 bridgehead atoms. The molecule has 0 amide bonds. The van der Waals surface area contributed by atoms with Crippen molar-refractivity contribution < 1.29 is 19.3 Å². The zero-order chi connectivity index (χ0) is 13.4. The van der Waals surface area contributed by atoms with Crippen LogP contribution in [0.1, 0.15) is 18.2 Å². The first-order chi connectivity index (χ1) is 8.47. The second kappa shape index (κ2) is 4.38. The fourth-order valence-corrected chi connectivity index (χ4v) is 2.24. The summed E-state index contributed by atoms with van der Waals surface area (Å²) in [6.07, 6.45) is 0.434. The molecule has 0 spiro atoms. The van der Waals surface area contributed by atoms with Crippen LogP contribution in [0.4, 0.5) is 5.69 Å². The molecule has 2 atom stereocenters. The molecule has 1 N–H and O–H groups in total. The Kier molecular flexibility index (Phi) is 3.04. The lowest BCUT2D eigenvalue weighted by atomic mass is 10.2. The SMILES string of the molecule is O=C(OP)C1CCc2c([N+](=O)[O-])cc(O)c(=O)n21. The van der Waals surface area contributed by atoms with E-state index >= 15 is 0 Å². The number of rotatable bonds is 2. The van der Waals surface area contributed by atoms with Crippen LogP contribution in [0.3, 0.4) is 0 Å². The molecule has 0 saturated carbocycles. The summed E-state index contributed by atoms with van der Waals surface area (Å²) in [6, 6.07) is -0.126. The minimum atomic E-state index is -0.934. The predicted octanol–water partition coefficient (Wildman–Crippen LogP) is 0.283. The third kappa shape index (κ3) is 1.74. The van der Waals surface area contributed by atoms with Gasteiger partial charge in [0, 0.05) is 0 Å². The van der Waals surface area contributed by atoms with E-state index in [2.05, 4.69) is 4.52 Å². The number of aromatic nitrogens is 1. The fourth-order valence-electron chi connectivity index (χ4n) is 2.08. The first kappa shape index (κ1) is 12.5. The third-order valence-electron chi connectivity index (χ3n) is 2.85. The van der Waals surface area contributed by atoms with Crippen LogP contribution in [0.5, 0.6) is 5.75 Å². The van der Waals surface area contributed by atoms with Crippen LogP contribution >= 0.6 is 9.47 Å². The van der Waals surface area contributed by atoms with Gasteiger partial charge in [0.1, 0.15) is 11.7 Å². The average Bonchev–Trinajstić information content (AvgIpc) is 2.77. The largest absolute Gasteiger partial charge is 0.503 e. The second-order valence-corrected chi connectivity index (χ2v) is 4.02. The van der Waals surface area contributed by atoms with Gasteiger partial charge in [0.25, 0.3) is 11.2 Å². The molecular weight excluding hydrogens is 263 g/mol. The van der Waals surface area contributed by atoms with Gasteiger partial charge in [-0.2, -0.15) is 0 Å². The van der Waals surface area contributed by atoms with E-state index in [1.165, 1.54) is 0 Å². The lowest BCUT2D eigenvalue weighted by Crippen LogP contribution is -2.28. The number of nitrogens with zero attached hydrogens (tertiary/aromatic N) is 2. The molecule has 0 fully saturated rings. The fraction of sp³-hybridized carbons (Fsp3) is 0.333. The average molecular weight is 272 g/mol. The number of aromatic hydroxyl groups is 1. The Morgan fingerprint density at radius 3 is 2.89 bits per heavy atom. The van der Waals surface area contributed by atoms with E-state index in [1.54, 1.807) is 9.47 Å². The summed E-state index contributed by atoms with van der Waals surface area (Å²) >= 11 is 0. The van der Waals surface area contributed by atoms with Crippen LogP contribution in [0.25, 0.3) is 0 Å². The first-order valence-electron chi connectivity index (χ1n) is 4.99. The van der Waals surface area contributed by atoms with Crippen LogP contribution in [-0.2, 0) is 15.7 Å². The maximum absolute atomic E-state index is 11.7. The summed E-state index contributed by atoms with van der Waals surface area (Å²) in [7, 11) is 1.76. The van der Waals surface area contributed by atoms with Crippen molar-refractivity contribution in [3.8, 4) is 5.75 Å². The molecule has 8 nitrogen and oxygen atoms in total. The van der Waals surface area contributed by atoms with E-state index < -0.39 is 28.2 Å². The highest BCUT2D eigenvalue weighted by Crippen LogP contribution is 2.33. The molecule has 0 aromatic carbocycles. The van der Waals surface area contributed by atoms with Crippen LogP contribution in [0.15, 0.2) is 10.9 Å². The number of carbonyl (C=O) groups is 1. The Morgan fingerprint density at radius 2 is 2.33 bits per heavy atom. The molecule has 0 saturated heterocycles. The Balaban J connectivity index is 2.68. The Bertz CT molecular complexity index is 595. The molecule has 1 aliphatic rings. The van der Waals surface area contributed by atoms with Crippen molar-refractivity contribution in [1.29, 1.82) is 0 Å². The Morgan fingerprint density at radius 1 is 1.67 bits per heavy atom. The van der Waals surface area contributed by atoms with Gasteiger partial charge in [-0.25, -0.2) is 4.79 Å². The van der Waals surface area contributed by atoms with E-state index in [0.29, 0.717) is 0 Å². The number of pyridine rings is 1. The number of hydrogen-bond acceptors (Lipinski definition) is 6. The molecular formula is C9H9N2O6P. The molecule has 96 valence electrons. The van der Waals surface area contributed by atoms with Gasteiger partial charge < -0.3 is 9.63 Å². The van der Waals surface area contributed by atoms with Gasteiger partial charge in [-0.3, -0.25) is 19.5 Å². The normalized spacial score (nSPS) is 17.3. The van der Waals surface area contributed by atoms with Crippen molar-refractivity contribution in [2.45, 2.75) is 18.9 Å². The van der Waals surface area contributed by atoms with Gasteiger partial charge in [-0.1, -0.05) is 0 Å². The monoisotopic (exact) mass is 272 g/mol. The van der Waals surface area contributed by atoms with Crippen LogP contribution in [0.2, 0.25) is 0 Å². The first-order valence-corrected chi connectivity index (χ1v) is 5.47. The maximum Gasteiger partial charge on any atom is 0.331 e. The Labute approximate surface area is 103 Å². The standard InChI is InChI=1S/C9H9N2O6P/c12-7-3-6(11(15)16)4-1-2-5(9(14)17-18)10(4)8(7)13/h3,5,12H,1-2,18H2. The second-order valence-electron chi connectivity index (χ2n) is 3.79. The minimum absolute atomic E-state index is 0.128. The summed E-state index contributed by atoms with van der Waals surface area (Å²) in [5.41, 5.74) is -1.07. The Hall–Kier alpha value is -1.95. The van der Waals surface area contributed by atoms with E-state index in [9.17, 15) is 24.8 Å². The topological polar surface area (TPSA) is 112 Å². The lowest BCUT2D eigenvalue weighted by Gasteiger charge is -2.11. The van der Waals surface area contributed by atoms with E-state index in [-0.39, 0.29) is 24.2 Å². The predicted molar refractivity (Wildman–Crippen MR) is 62.2 cm³/mol. The molecule has 2 unspecified atom stereocenters. The summed E-state index contributed by atoms with van der Waals surface area (Å²) in [5.74, 6) is -1.45. The van der Waals surface area contributed by atoms with Crippen molar-refractivity contribution in [1.82, 2.24) is 4.57 Å². The summed E-state index contributed by atoms with van der Waals surface area (Å²) in [4.78, 5) is 33.3. The van der Waals surface area contributed by atoms with E-state index in [1.807, 2.05) is 0 Å². The van der Waals surface area contributed by atoms with Gasteiger partial charge in [-0.05, 0) is 12.8 Å². The molecule has 1 aromatic rings. The zero-order valence-electron chi connectivity index (χ0n) is 9.03. The molecule has 1 aliphatic heterocycles. The smallest absolute Gasteiger partial charge is 0.331 e. The molecule has 1 aromatic heterocycles. The summed E-state index contributed by atoms with van der Waals surface area (Å²) < 4.78 is 5.38. The molecule has 0 aliphatic carbocycles. The summed E-state index contributed by atoms with van der Waals surface area (Å²) in [6.45, 7) is 0. The minimum Gasteiger partial charge on any atom is -0.503 e. The van der Waals surface area contributed by atoms with Crippen molar-refractivity contribution in [2.24, 2.45) is 0 Å². The summed E-state index contributed by atoms with van der Waals surface area (Å²) in [5, 5.41) is 20.2.